The van der Waals surface area contributed by atoms with Crippen molar-refractivity contribution >= 4 is 11.7 Å². The Kier molecular flexibility index (Phi) is 6.96. The number of aromatic hydroxyl groups is 1. The Hall–Kier alpha value is -4.34. The number of halogens is 4. The largest absolute Gasteiger partial charge is 0.507 e. The number of para-hydroxylation sites is 1. The minimum Gasteiger partial charge on any atom is -0.507 e. The van der Waals surface area contributed by atoms with E-state index in [2.05, 4.69) is 17.0 Å². The molecule has 4 rings (SSSR count). The van der Waals surface area contributed by atoms with Crippen molar-refractivity contribution in [3.05, 3.63) is 113 Å². The van der Waals surface area contributed by atoms with Gasteiger partial charge in [-0.25, -0.2) is 9.40 Å². The first kappa shape index (κ1) is 24.8. The molecule has 0 atom stereocenters. The average Bonchev–Trinajstić information content (AvgIpc) is 3.12. The molecular formula is C26H22F4N4O2. The number of amidine groups is 1. The fraction of sp³-hybridized carbons (Fsp3) is 0.154. The minimum absolute atomic E-state index is 0.0525. The van der Waals surface area contributed by atoms with Crippen LogP contribution < -0.4 is 5.32 Å². The van der Waals surface area contributed by atoms with Crippen LogP contribution in [0.25, 0.3) is 0 Å². The van der Waals surface area contributed by atoms with E-state index in [0.29, 0.717) is 11.1 Å². The summed E-state index contributed by atoms with van der Waals surface area (Å²) in [6.07, 6.45) is -4.54. The molecule has 1 aliphatic rings. The maximum Gasteiger partial charge on any atom is 0.416 e. The summed E-state index contributed by atoms with van der Waals surface area (Å²) in [5, 5.41) is 18.6. The second kappa shape index (κ2) is 10.1. The molecule has 0 saturated carbocycles. The highest BCUT2D eigenvalue weighted by Gasteiger charge is 2.34. The van der Waals surface area contributed by atoms with Crippen molar-refractivity contribution in [2.24, 2.45) is 5.10 Å². The quantitative estimate of drug-likeness (QED) is 0.459. The molecular weight excluding hydrogens is 476 g/mol. The summed E-state index contributed by atoms with van der Waals surface area (Å²) in [5.41, 5.74) is 0.0909. The van der Waals surface area contributed by atoms with Crippen molar-refractivity contribution in [3.8, 4) is 5.75 Å². The number of amides is 1. The molecule has 3 aromatic carbocycles. The van der Waals surface area contributed by atoms with Gasteiger partial charge in [0, 0.05) is 6.54 Å². The van der Waals surface area contributed by atoms with Crippen LogP contribution in [0.1, 0.15) is 22.3 Å². The van der Waals surface area contributed by atoms with E-state index in [1.165, 1.54) is 41.4 Å². The van der Waals surface area contributed by atoms with E-state index in [1.54, 1.807) is 35.2 Å². The van der Waals surface area contributed by atoms with Gasteiger partial charge >= 0.3 is 6.18 Å². The number of carbonyl (C=O) groups is 1. The predicted octanol–water partition coefficient (Wildman–Crippen LogP) is 4.82. The Morgan fingerprint density at radius 1 is 1.03 bits per heavy atom. The lowest BCUT2D eigenvalue weighted by Gasteiger charge is -2.24. The highest BCUT2D eigenvalue weighted by Crippen LogP contribution is 2.32. The van der Waals surface area contributed by atoms with Gasteiger partial charge in [0.25, 0.3) is 0 Å². The van der Waals surface area contributed by atoms with Gasteiger partial charge in [-0.05, 0) is 41.5 Å². The average molecular weight is 498 g/mol. The van der Waals surface area contributed by atoms with Gasteiger partial charge in [-0.15, -0.1) is 0 Å². The van der Waals surface area contributed by atoms with Crippen LogP contribution in [-0.4, -0.2) is 33.3 Å². The monoisotopic (exact) mass is 498 g/mol. The predicted molar refractivity (Wildman–Crippen MR) is 126 cm³/mol. The SMILES string of the molecule is C=C1N(CC(=O)NCc2ccccc2C(F)(F)F)N=C(c2ccccc2O)N1Cc1cccc(F)c1. The maximum atomic E-state index is 13.8. The normalized spacial score (nSPS) is 13.7. The van der Waals surface area contributed by atoms with Crippen molar-refractivity contribution in [2.75, 3.05) is 6.54 Å². The van der Waals surface area contributed by atoms with E-state index < -0.39 is 23.5 Å². The Morgan fingerprint density at radius 2 is 1.75 bits per heavy atom. The minimum atomic E-state index is -4.54. The number of benzene rings is 3. The second-order valence-corrected chi connectivity index (χ2v) is 8.06. The number of rotatable bonds is 7. The van der Waals surface area contributed by atoms with Crippen molar-refractivity contribution in [1.82, 2.24) is 15.2 Å². The summed E-state index contributed by atoms with van der Waals surface area (Å²) < 4.78 is 53.5. The molecule has 0 saturated heterocycles. The van der Waals surface area contributed by atoms with Gasteiger partial charge in [0.1, 0.15) is 23.9 Å². The number of nitrogens with one attached hydrogen (secondary N) is 1. The Morgan fingerprint density at radius 3 is 2.47 bits per heavy atom. The second-order valence-electron chi connectivity index (χ2n) is 8.06. The molecule has 0 aliphatic carbocycles. The van der Waals surface area contributed by atoms with Crippen molar-refractivity contribution < 1.29 is 27.5 Å². The molecule has 186 valence electrons. The zero-order valence-corrected chi connectivity index (χ0v) is 19.0. The topological polar surface area (TPSA) is 68.2 Å². The van der Waals surface area contributed by atoms with Crippen LogP contribution in [0, 0.1) is 5.82 Å². The summed E-state index contributed by atoms with van der Waals surface area (Å²) in [7, 11) is 0. The first-order valence-electron chi connectivity index (χ1n) is 10.9. The highest BCUT2D eigenvalue weighted by atomic mass is 19.4. The third-order valence-corrected chi connectivity index (χ3v) is 5.55. The van der Waals surface area contributed by atoms with Crippen LogP contribution in [0.2, 0.25) is 0 Å². The summed E-state index contributed by atoms with van der Waals surface area (Å²) in [6, 6.07) is 17.4. The van der Waals surface area contributed by atoms with E-state index in [4.69, 9.17) is 0 Å². The number of phenols is 1. The van der Waals surface area contributed by atoms with Crippen LogP contribution in [0.3, 0.4) is 0 Å². The fourth-order valence-electron chi connectivity index (χ4n) is 3.80. The Bertz CT molecular complexity index is 1320. The molecule has 1 heterocycles. The number of phenolic OH excluding ortho intramolecular Hbond substituents is 1. The van der Waals surface area contributed by atoms with Crippen molar-refractivity contribution in [2.45, 2.75) is 19.3 Å². The van der Waals surface area contributed by atoms with Gasteiger partial charge in [0.2, 0.25) is 5.91 Å². The molecule has 2 N–H and O–H groups in total. The van der Waals surface area contributed by atoms with Gasteiger partial charge in [-0.2, -0.15) is 18.3 Å². The highest BCUT2D eigenvalue weighted by molar-refractivity contribution is 6.03. The molecule has 0 radical (unpaired) electrons. The lowest BCUT2D eigenvalue weighted by Crippen LogP contribution is -2.35. The van der Waals surface area contributed by atoms with E-state index in [-0.39, 0.29) is 42.6 Å². The Labute approximate surface area is 204 Å². The van der Waals surface area contributed by atoms with E-state index in [9.17, 15) is 27.5 Å². The molecule has 3 aromatic rings. The van der Waals surface area contributed by atoms with E-state index >= 15 is 0 Å². The Balaban J connectivity index is 1.53. The molecule has 1 amide bonds. The number of nitrogens with zero attached hydrogens (tertiary/aromatic N) is 3. The van der Waals surface area contributed by atoms with Gasteiger partial charge < -0.3 is 15.3 Å². The number of carbonyl (C=O) groups excluding carboxylic acids is 1. The van der Waals surface area contributed by atoms with E-state index in [1.807, 2.05) is 0 Å². The molecule has 1 aliphatic heterocycles. The summed E-state index contributed by atoms with van der Waals surface area (Å²) in [5.74, 6) is -0.487. The number of hydrogen-bond acceptors (Lipinski definition) is 5. The molecule has 0 fully saturated rings. The zero-order valence-electron chi connectivity index (χ0n) is 19.0. The van der Waals surface area contributed by atoms with Crippen LogP contribution in [-0.2, 0) is 24.1 Å². The van der Waals surface area contributed by atoms with Gasteiger partial charge in [-0.3, -0.25) is 4.79 Å². The molecule has 36 heavy (non-hydrogen) atoms. The van der Waals surface area contributed by atoms with Crippen LogP contribution >= 0.6 is 0 Å². The fourth-order valence-corrected chi connectivity index (χ4v) is 3.80. The molecule has 0 unspecified atom stereocenters. The first-order valence-corrected chi connectivity index (χ1v) is 10.9. The van der Waals surface area contributed by atoms with Gasteiger partial charge in [0.15, 0.2) is 5.84 Å². The van der Waals surface area contributed by atoms with Gasteiger partial charge in [-0.1, -0.05) is 49.0 Å². The molecule has 10 heteroatoms. The smallest absolute Gasteiger partial charge is 0.416 e. The summed E-state index contributed by atoms with van der Waals surface area (Å²) >= 11 is 0. The number of hydrogen-bond donors (Lipinski definition) is 2. The van der Waals surface area contributed by atoms with Crippen LogP contribution in [0.4, 0.5) is 17.6 Å². The van der Waals surface area contributed by atoms with Crippen molar-refractivity contribution in [3.63, 3.8) is 0 Å². The number of alkyl halides is 3. The first-order chi connectivity index (χ1) is 17.1. The number of hydrazone groups is 1. The van der Waals surface area contributed by atoms with Gasteiger partial charge in [0.05, 0.1) is 17.7 Å². The third-order valence-electron chi connectivity index (χ3n) is 5.55. The maximum absolute atomic E-state index is 13.8. The molecule has 0 spiro atoms. The zero-order chi connectivity index (χ0) is 25.9. The summed E-state index contributed by atoms with van der Waals surface area (Å²) in [4.78, 5) is 14.3. The summed E-state index contributed by atoms with van der Waals surface area (Å²) in [6.45, 7) is 3.49. The standard InChI is InChI=1S/C26H22F4N4O2/c1-17-33(15-18-7-6-9-20(27)13-18)25(21-10-3-5-12-23(21)35)32-34(17)16-24(36)31-14-19-8-2-4-11-22(19)26(28,29)30/h2-13,35H,1,14-16H2,(H,31,36). The molecule has 0 bridgehead atoms. The van der Waals surface area contributed by atoms with Crippen molar-refractivity contribution in [1.29, 1.82) is 0 Å². The van der Waals surface area contributed by atoms with Crippen LogP contribution in [0.15, 0.2) is 90.3 Å². The molecule has 6 nitrogen and oxygen atoms in total. The lowest BCUT2D eigenvalue weighted by atomic mass is 10.1. The lowest BCUT2D eigenvalue weighted by molar-refractivity contribution is -0.138. The van der Waals surface area contributed by atoms with Crippen LogP contribution in [0.5, 0.6) is 5.75 Å². The molecule has 0 aromatic heterocycles. The third kappa shape index (κ3) is 5.48. The van der Waals surface area contributed by atoms with E-state index in [0.717, 1.165) is 6.07 Å².